The van der Waals surface area contributed by atoms with Gasteiger partial charge in [-0.25, -0.2) is 0 Å². The first-order valence-electron chi connectivity index (χ1n) is 6.93. The number of aromatic nitrogens is 1. The van der Waals surface area contributed by atoms with Crippen LogP contribution in [0, 0.1) is 0 Å². The van der Waals surface area contributed by atoms with E-state index in [1.807, 2.05) is 18.2 Å². The first kappa shape index (κ1) is 15.1. The lowest BCUT2D eigenvalue weighted by Gasteiger charge is -2.10. The van der Waals surface area contributed by atoms with E-state index >= 15 is 0 Å². The van der Waals surface area contributed by atoms with E-state index in [0.717, 1.165) is 5.56 Å². The minimum atomic E-state index is -0.470. The Morgan fingerprint density at radius 2 is 1.96 bits per heavy atom. The number of carbonyl (C=O) groups excluding carboxylic acids is 1. The first-order chi connectivity index (χ1) is 11.1. The smallest absolute Gasteiger partial charge is 0.291 e. The molecule has 0 aliphatic heterocycles. The van der Waals surface area contributed by atoms with E-state index in [1.54, 1.807) is 30.5 Å². The molecule has 0 unspecified atom stereocenters. The van der Waals surface area contributed by atoms with Gasteiger partial charge in [0.05, 0.1) is 12.8 Å². The van der Waals surface area contributed by atoms with Gasteiger partial charge in [0.1, 0.15) is 5.69 Å². The highest BCUT2D eigenvalue weighted by molar-refractivity contribution is 6.31. The average Bonchev–Trinajstić information content (AvgIpc) is 3.08. The number of nitrogens with one attached hydrogen (secondary N) is 1. The fraction of sp³-hybridized carbons (Fsp3) is 0.0588. The number of furan rings is 1. The van der Waals surface area contributed by atoms with E-state index < -0.39 is 5.91 Å². The molecule has 1 N–H and O–H groups in total. The molecule has 0 spiro atoms. The van der Waals surface area contributed by atoms with Crippen molar-refractivity contribution in [3.8, 4) is 0 Å². The lowest BCUT2D eigenvalue weighted by molar-refractivity contribution is 0.0996. The number of amides is 1. The summed E-state index contributed by atoms with van der Waals surface area (Å²) >= 11 is 6.12. The summed E-state index contributed by atoms with van der Waals surface area (Å²) in [6.07, 6.45) is 3.05. The number of carbonyl (C=O) groups is 1. The van der Waals surface area contributed by atoms with Gasteiger partial charge in [-0.2, -0.15) is 0 Å². The molecule has 5 nitrogen and oxygen atoms in total. The van der Waals surface area contributed by atoms with E-state index in [1.165, 1.54) is 16.9 Å². The third-order valence-electron chi connectivity index (χ3n) is 3.31. The van der Waals surface area contributed by atoms with Crippen molar-refractivity contribution in [2.75, 3.05) is 5.32 Å². The average molecular weight is 329 g/mol. The van der Waals surface area contributed by atoms with Gasteiger partial charge < -0.3 is 14.3 Å². The molecule has 0 saturated carbocycles. The van der Waals surface area contributed by atoms with Crippen LogP contribution in [0.1, 0.15) is 16.1 Å². The van der Waals surface area contributed by atoms with Crippen molar-refractivity contribution in [1.82, 2.24) is 4.57 Å². The molecule has 0 atom stereocenters. The maximum Gasteiger partial charge on any atom is 0.291 e. The normalized spacial score (nSPS) is 10.5. The van der Waals surface area contributed by atoms with Gasteiger partial charge in [0, 0.05) is 11.2 Å². The van der Waals surface area contributed by atoms with Crippen molar-refractivity contribution in [3.63, 3.8) is 0 Å². The minimum absolute atomic E-state index is 0.144. The van der Waals surface area contributed by atoms with Crippen molar-refractivity contribution in [1.29, 1.82) is 0 Å². The molecule has 6 heteroatoms. The number of rotatable bonds is 4. The molecule has 0 aliphatic carbocycles. The molecular formula is C17H13ClN2O3. The zero-order valence-electron chi connectivity index (χ0n) is 12.0. The summed E-state index contributed by atoms with van der Waals surface area (Å²) in [7, 11) is 0. The van der Waals surface area contributed by atoms with Crippen LogP contribution in [-0.2, 0) is 6.54 Å². The third-order valence-corrected chi connectivity index (χ3v) is 3.68. The highest BCUT2D eigenvalue weighted by Crippen LogP contribution is 2.16. The zero-order chi connectivity index (χ0) is 16.2. The topological polar surface area (TPSA) is 64.2 Å². The molecule has 23 heavy (non-hydrogen) atoms. The van der Waals surface area contributed by atoms with Crippen molar-refractivity contribution in [2.24, 2.45) is 0 Å². The highest BCUT2D eigenvalue weighted by Gasteiger charge is 2.12. The summed E-state index contributed by atoms with van der Waals surface area (Å²) in [6.45, 7) is 0.322. The van der Waals surface area contributed by atoms with Crippen molar-refractivity contribution < 1.29 is 9.21 Å². The van der Waals surface area contributed by atoms with E-state index in [-0.39, 0.29) is 17.0 Å². The number of benzene rings is 1. The van der Waals surface area contributed by atoms with Gasteiger partial charge in [-0.05, 0) is 35.9 Å². The van der Waals surface area contributed by atoms with Gasteiger partial charge in [-0.3, -0.25) is 9.59 Å². The van der Waals surface area contributed by atoms with Crippen LogP contribution >= 0.6 is 11.6 Å². The number of hydrogen-bond acceptors (Lipinski definition) is 3. The first-order valence-corrected chi connectivity index (χ1v) is 7.30. The van der Waals surface area contributed by atoms with Gasteiger partial charge in [-0.15, -0.1) is 0 Å². The van der Waals surface area contributed by atoms with Gasteiger partial charge in [0.25, 0.3) is 11.5 Å². The number of nitrogens with zero attached hydrogens (tertiary/aromatic N) is 1. The Labute approximate surface area is 137 Å². The highest BCUT2D eigenvalue weighted by atomic mass is 35.5. The number of anilines is 1. The zero-order valence-corrected chi connectivity index (χ0v) is 12.8. The molecule has 0 fully saturated rings. The summed E-state index contributed by atoms with van der Waals surface area (Å²) in [5.74, 6) is -0.325. The molecule has 3 aromatic rings. The van der Waals surface area contributed by atoms with E-state index in [4.69, 9.17) is 16.0 Å². The van der Waals surface area contributed by atoms with Gasteiger partial charge >= 0.3 is 0 Å². The molecule has 1 amide bonds. The Bertz CT molecular complexity index is 885. The Morgan fingerprint density at radius 1 is 1.13 bits per heavy atom. The van der Waals surface area contributed by atoms with Crippen molar-refractivity contribution in [3.05, 3.63) is 87.7 Å². The summed E-state index contributed by atoms with van der Waals surface area (Å²) < 4.78 is 6.50. The van der Waals surface area contributed by atoms with E-state index in [0.29, 0.717) is 11.6 Å². The second-order valence-electron chi connectivity index (χ2n) is 4.88. The standard InChI is InChI=1S/C17H13ClN2O3/c18-13-6-2-1-5-12(13)11-20-9-3-7-14(17(20)22)19-16(21)15-8-4-10-23-15/h1-10H,11H2,(H,19,21). The van der Waals surface area contributed by atoms with Crippen LogP contribution in [0.25, 0.3) is 0 Å². The van der Waals surface area contributed by atoms with Gasteiger partial charge in [0.2, 0.25) is 0 Å². The molecule has 0 aliphatic rings. The fourth-order valence-corrected chi connectivity index (χ4v) is 2.35. The third kappa shape index (κ3) is 3.35. The molecule has 3 rings (SSSR count). The predicted molar refractivity (Wildman–Crippen MR) is 87.9 cm³/mol. The molecule has 0 bridgehead atoms. The lowest BCUT2D eigenvalue weighted by atomic mass is 10.2. The Balaban J connectivity index is 1.86. The SMILES string of the molecule is O=C(Nc1cccn(Cc2ccccc2Cl)c1=O)c1ccco1. The quantitative estimate of drug-likeness (QED) is 0.798. The molecular weight excluding hydrogens is 316 g/mol. The molecule has 2 heterocycles. The monoisotopic (exact) mass is 328 g/mol. The second-order valence-corrected chi connectivity index (χ2v) is 5.28. The Hall–Kier alpha value is -2.79. The molecule has 116 valence electrons. The maximum absolute atomic E-state index is 12.5. The van der Waals surface area contributed by atoms with Crippen molar-refractivity contribution >= 4 is 23.2 Å². The number of halogens is 1. The van der Waals surface area contributed by atoms with Crippen LogP contribution in [0.5, 0.6) is 0 Å². The van der Waals surface area contributed by atoms with Crippen LogP contribution in [-0.4, -0.2) is 10.5 Å². The summed E-state index contributed by atoms with van der Waals surface area (Å²) in [6, 6.07) is 13.7. The molecule has 2 aromatic heterocycles. The maximum atomic E-state index is 12.5. The number of pyridine rings is 1. The Kier molecular flexibility index (Phi) is 4.30. The summed E-state index contributed by atoms with van der Waals surface area (Å²) in [4.78, 5) is 24.4. The van der Waals surface area contributed by atoms with Crippen LogP contribution in [0.15, 0.2) is 70.2 Å². The Morgan fingerprint density at radius 3 is 2.70 bits per heavy atom. The van der Waals surface area contributed by atoms with E-state index in [2.05, 4.69) is 5.32 Å². The summed E-state index contributed by atoms with van der Waals surface area (Å²) in [5.41, 5.74) is 0.694. The van der Waals surface area contributed by atoms with Crippen LogP contribution in [0.2, 0.25) is 5.02 Å². The van der Waals surface area contributed by atoms with Crippen LogP contribution in [0.3, 0.4) is 0 Å². The van der Waals surface area contributed by atoms with Crippen molar-refractivity contribution in [2.45, 2.75) is 6.54 Å². The summed E-state index contributed by atoms with van der Waals surface area (Å²) in [5, 5.41) is 3.14. The van der Waals surface area contributed by atoms with E-state index in [9.17, 15) is 9.59 Å². The fourth-order valence-electron chi connectivity index (χ4n) is 2.16. The predicted octanol–water partition coefficient (Wildman–Crippen LogP) is 3.40. The minimum Gasteiger partial charge on any atom is -0.459 e. The van der Waals surface area contributed by atoms with Crippen LogP contribution in [0.4, 0.5) is 5.69 Å². The lowest BCUT2D eigenvalue weighted by Crippen LogP contribution is -2.25. The molecule has 1 aromatic carbocycles. The molecule has 0 saturated heterocycles. The number of hydrogen-bond donors (Lipinski definition) is 1. The second kappa shape index (κ2) is 6.54. The van der Waals surface area contributed by atoms with Gasteiger partial charge in [-0.1, -0.05) is 29.8 Å². The van der Waals surface area contributed by atoms with Crippen LogP contribution < -0.4 is 10.9 Å². The van der Waals surface area contributed by atoms with Gasteiger partial charge in [0.15, 0.2) is 5.76 Å². The molecule has 0 radical (unpaired) electrons. The largest absolute Gasteiger partial charge is 0.459 e.